The fourth-order valence-electron chi connectivity index (χ4n) is 2.32. The van der Waals surface area contributed by atoms with Crippen molar-refractivity contribution < 1.29 is 19.1 Å². The number of aromatic nitrogens is 1. The summed E-state index contributed by atoms with van der Waals surface area (Å²) in [5.74, 6) is -0.188. The topological polar surface area (TPSA) is 68.7 Å². The average molecular weight is 292 g/mol. The summed E-state index contributed by atoms with van der Waals surface area (Å²) in [4.78, 5) is 29.2. The van der Waals surface area contributed by atoms with E-state index in [1.165, 1.54) is 7.11 Å². The Morgan fingerprint density at radius 2 is 2.29 bits per heavy atom. The summed E-state index contributed by atoms with van der Waals surface area (Å²) in [6, 6.07) is 3.66. The summed E-state index contributed by atoms with van der Waals surface area (Å²) in [6.07, 6.45) is 1.92. The van der Waals surface area contributed by atoms with E-state index in [-0.39, 0.29) is 30.3 Å². The predicted molar refractivity (Wildman–Crippen MR) is 75.5 cm³/mol. The van der Waals surface area contributed by atoms with Crippen LogP contribution in [0.1, 0.15) is 25.8 Å². The molecule has 1 aliphatic rings. The van der Waals surface area contributed by atoms with Gasteiger partial charge < -0.3 is 14.4 Å². The second-order valence-electron chi connectivity index (χ2n) is 5.37. The molecule has 0 aromatic carbocycles. The number of carbonyl (C=O) groups excluding carboxylic acids is 2. The highest BCUT2D eigenvalue weighted by Crippen LogP contribution is 2.22. The van der Waals surface area contributed by atoms with Crippen molar-refractivity contribution in [1.82, 2.24) is 9.88 Å². The van der Waals surface area contributed by atoms with E-state index >= 15 is 0 Å². The molecule has 0 bridgehead atoms. The molecule has 0 radical (unpaired) electrons. The van der Waals surface area contributed by atoms with E-state index in [1.807, 2.05) is 26.0 Å². The Balaban J connectivity index is 2.01. The Kier molecular flexibility index (Phi) is 4.77. The van der Waals surface area contributed by atoms with Gasteiger partial charge in [-0.1, -0.05) is 0 Å². The zero-order chi connectivity index (χ0) is 15.4. The lowest BCUT2D eigenvalue weighted by molar-refractivity contribution is -0.145. The molecule has 1 fully saturated rings. The van der Waals surface area contributed by atoms with Crippen LogP contribution in [-0.2, 0) is 20.9 Å². The molecule has 0 aliphatic carbocycles. The molecule has 1 atom stereocenters. The van der Waals surface area contributed by atoms with Gasteiger partial charge in [0.15, 0.2) is 0 Å². The van der Waals surface area contributed by atoms with Crippen molar-refractivity contribution in [2.75, 3.05) is 13.7 Å². The molecule has 1 amide bonds. The van der Waals surface area contributed by atoms with Gasteiger partial charge in [-0.15, -0.1) is 0 Å². The quantitative estimate of drug-likeness (QED) is 0.767. The number of likely N-dealkylation sites (tertiary alicyclic amines) is 1. The molecule has 114 valence electrons. The minimum atomic E-state index is -0.365. The molecule has 1 aliphatic heterocycles. The average Bonchev–Trinajstić information content (AvgIpc) is 2.79. The van der Waals surface area contributed by atoms with Crippen LogP contribution in [0.15, 0.2) is 18.3 Å². The van der Waals surface area contributed by atoms with Gasteiger partial charge in [0.05, 0.1) is 19.1 Å². The SMILES string of the molecule is COC(=O)C1CC(=O)N(Cc2ccnc(OC(C)C)c2)C1. The monoisotopic (exact) mass is 292 g/mol. The van der Waals surface area contributed by atoms with Crippen LogP contribution < -0.4 is 4.74 Å². The van der Waals surface area contributed by atoms with Gasteiger partial charge in [-0.3, -0.25) is 9.59 Å². The van der Waals surface area contributed by atoms with E-state index in [2.05, 4.69) is 4.98 Å². The maximum Gasteiger partial charge on any atom is 0.310 e. The smallest absolute Gasteiger partial charge is 0.310 e. The van der Waals surface area contributed by atoms with Gasteiger partial charge in [-0.2, -0.15) is 0 Å². The molecule has 1 unspecified atom stereocenters. The number of hydrogen-bond acceptors (Lipinski definition) is 5. The lowest BCUT2D eigenvalue weighted by Crippen LogP contribution is -2.26. The molecule has 1 aromatic heterocycles. The molecule has 1 saturated heterocycles. The summed E-state index contributed by atoms with van der Waals surface area (Å²) >= 11 is 0. The number of nitrogens with zero attached hydrogens (tertiary/aromatic N) is 2. The van der Waals surface area contributed by atoms with E-state index < -0.39 is 0 Å². The first-order valence-electron chi connectivity index (χ1n) is 6.96. The Hall–Kier alpha value is -2.11. The summed E-state index contributed by atoms with van der Waals surface area (Å²) in [6.45, 7) is 4.70. The molecule has 1 aromatic rings. The molecule has 0 N–H and O–H groups in total. The standard InChI is InChI=1S/C15H20N2O4/c1-10(2)21-13-6-11(4-5-16-13)8-17-9-12(7-14(17)18)15(19)20-3/h4-6,10,12H,7-9H2,1-3H3. The van der Waals surface area contributed by atoms with Gasteiger partial charge in [0, 0.05) is 31.8 Å². The van der Waals surface area contributed by atoms with E-state index in [1.54, 1.807) is 11.1 Å². The van der Waals surface area contributed by atoms with Crippen molar-refractivity contribution in [3.8, 4) is 5.88 Å². The number of methoxy groups -OCH3 is 1. The van der Waals surface area contributed by atoms with Crippen molar-refractivity contribution in [2.24, 2.45) is 5.92 Å². The molecular weight excluding hydrogens is 272 g/mol. The van der Waals surface area contributed by atoms with Gasteiger partial charge >= 0.3 is 5.97 Å². The number of hydrogen-bond donors (Lipinski definition) is 0. The molecule has 0 spiro atoms. The summed E-state index contributed by atoms with van der Waals surface area (Å²) in [7, 11) is 1.34. The van der Waals surface area contributed by atoms with Crippen LogP contribution in [-0.4, -0.2) is 41.5 Å². The number of carbonyl (C=O) groups is 2. The maximum atomic E-state index is 11.9. The molecular formula is C15H20N2O4. The highest BCUT2D eigenvalue weighted by atomic mass is 16.5. The largest absolute Gasteiger partial charge is 0.475 e. The zero-order valence-corrected chi connectivity index (χ0v) is 12.5. The van der Waals surface area contributed by atoms with Crippen LogP contribution in [0.3, 0.4) is 0 Å². The minimum absolute atomic E-state index is 0.0338. The van der Waals surface area contributed by atoms with Crippen molar-refractivity contribution in [3.63, 3.8) is 0 Å². The number of pyridine rings is 1. The van der Waals surface area contributed by atoms with E-state index in [4.69, 9.17) is 9.47 Å². The fourth-order valence-corrected chi connectivity index (χ4v) is 2.32. The zero-order valence-electron chi connectivity index (χ0n) is 12.5. The normalized spacial score (nSPS) is 18.2. The van der Waals surface area contributed by atoms with E-state index in [0.29, 0.717) is 19.0 Å². The second-order valence-corrected chi connectivity index (χ2v) is 5.37. The first kappa shape index (κ1) is 15.3. The number of rotatable bonds is 5. The number of ether oxygens (including phenoxy) is 2. The van der Waals surface area contributed by atoms with E-state index in [9.17, 15) is 9.59 Å². The van der Waals surface area contributed by atoms with Crippen LogP contribution in [0.4, 0.5) is 0 Å². The first-order valence-corrected chi connectivity index (χ1v) is 6.96. The van der Waals surface area contributed by atoms with Crippen LogP contribution >= 0.6 is 0 Å². The third-order valence-electron chi connectivity index (χ3n) is 3.28. The lowest BCUT2D eigenvalue weighted by atomic mass is 10.1. The Labute approximate surface area is 124 Å². The predicted octanol–water partition coefficient (Wildman–Crippen LogP) is 1.39. The Bertz CT molecular complexity index is 530. The van der Waals surface area contributed by atoms with Gasteiger partial charge in [0.25, 0.3) is 0 Å². The first-order chi connectivity index (χ1) is 9.99. The summed E-state index contributed by atoms with van der Waals surface area (Å²) < 4.78 is 10.2. The number of esters is 1. The van der Waals surface area contributed by atoms with Crippen LogP contribution in [0.5, 0.6) is 5.88 Å². The van der Waals surface area contributed by atoms with Gasteiger partial charge in [0.2, 0.25) is 11.8 Å². The van der Waals surface area contributed by atoms with E-state index in [0.717, 1.165) is 5.56 Å². The third kappa shape index (κ3) is 3.93. The van der Waals surface area contributed by atoms with Crippen molar-refractivity contribution in [2.45, 2.75) is 32.9 Å². The summed E-state index contributed by atoms with van der Waals surface area (Å²) in [5, 5.41) is 0. The van der Waals surface area contributed by atoms with Crippen LogP contribution in [0.25, 0.3) is 0 Å². The molecule has 2 rings (SSSR count). The molecule has 2 heterocycles. The Morgan fingerprint density at radius 3 is 2.95 bits per heavy atom. The van der Waals surface area contributed by atoms with Gasteiger partial charge in [-0.25, -0.2) is 4.98 Å². The molecule has 6 heteroatoms. The fraction of sp³-hybridized carbons (Fsp3) is 0.533. The lowest BCUT2D eigenvalue weighted by Gasteiger charge is -2.17. The number of amides is 1. The van der Waals surface area contributed by atoms with Crippen molar-refractivity contribution in [1.29, 1.82) is 0 Å². The summed E-state index contributed by atoms with van der Waals surface area (Å²) in [5.41, 5.74) is 0.930. The molecule has 6 nitrogen and oxygen atoms in total. The van der Waals surface area contributed by atoms with Gasteiger partial charge in [0.1, 0.15) is 0 Å². The maximum absolute atomic E-state index is 11.9. The molecule has 0 saturated carbocycles. The van der Waals surface area contributed by atoms with Crippen molar-refractivity contribution >= 4 is 11.9 Å². The molecule has 21 heavy (non-hydrogen) atoms. The third-order valence-corrected chi connectivity index (χ3v) is 3.28. The Morgan fingerprint density at radius 1 is 1.52 bits per heavy atom. The van der Waals surface area contributed by atoms with Crippen LogP contribution in [0.2, 0.25) is 0 Å². The highest BCUT2D eigenvalue weighted by molar-refractivity contribution is 5.86. The highest BCUT2D eigenvalue weighted by Gasteiger charge is 2.34. The second kappa shape index (κ2) is 6.56. The van der Waals surface area contributed by atoms with Crippen LogP contribution in [0, 0.1) is 5.92 Å². The van der Waals surface area contributed by atoms with Gasteiger partial charge in [-0.05, 0) is 25.5 Å². The van der Waals surface area contributed by atoms with Crippen molar-refractivity contribution in [3.05, 3.63) is 23.9 Å². The minimum Gasteiger partial charge on any atom is -0.475 e.